The Kier molecular flexibility index (Phi) is 5.69. The number of halogens is 3. The number of hydrogen-bond donors (Lipinski definition) is 2. The third-order valence-corrected chi connectivity index (χ3v) is 3.97. The van der Waals surface area contributed by atoms with E-state index in [1.165, 1.54) is 6.07 Å². The number of carbonyl (C=O) groups excluding carboxylic acids is 2. The zero-order valence-corrected chi connectivity index (χ0v) is 15.2. The molecule has 2 aromatic heterocycles. The molecule has 0 unspecified atom stereocenters. The third kappa shape index (κ3) is 3.98. The molecule has 0 fully saturated rings. The minimum atomic E-state index is -0.774. The van der Waals surface area contributed by atoms with Crippen LogP contribution in [-0.2, 0) is 0 Å². The van der Waals surface area contributed by atoms with Gasteiger partial charge in [-0.05, 0) is 13.0 Å². The van der Waals surface area contributed by atoms with Crippen LogP contribution in [0.15, 0.2) is 10.6 Å². The Morgan fingerprint density at radius 1 is 1.21 bits per heavy atom. The normalized spacial score (nSPS) is 10.8. The molecule has 2 heterocycles. The smallest absolute Gasteiger partial charge is 0.326 e. The second-order valence-electron chi connectivity index (χ2n) is 5.17. The highest BCUT2D eigenvalue weighted by atomic mass is 35.5. The number of nitrogens with one attached hydrogen (secondary N) is 2. The van der Waals surface area contributed by atoms with Gasteiger partial charge in [0.1, 0.15) is 21.7 Å². The minimum Gasteiger partial charge on any atom is -0.359 e. The van der Waals surface area contributed by atoms with E-state index in [1.807, 2.05) is 13.8 Å². The molecule has 0 radical (unpaired) electrons. The lowest BCUT2D eigenvalue weighted by Crippen LogP contribution is -2.35. The standard InChI is InChI=1S/C14H13Cl3N4O3/c1-5(2)10-9(6(3)21-24-10)18-14(23)20-13(22)7-4-8(15)12(17)19-11(7)16/h4-5H,1-3H3,(H2,18,20,22,23). The number of anilines is 1. The van der Waals surface area contributed by atoms with Crippen molar-refractivity contribution in [3.63, 3.8) is 0 Å². The van der Waals surface area contributed by atoms with Crippen molar-refractivity contribution >= 4 is 52.4 Å². The topological polar surface area (TPSA) is 97.1 Å². The summed E-state index contributed by atoms with van der Waals surface area (Å²) in [4.78, 5) is 27.9. The number of rotatable bonds is 3. The van der Waals surface area contributed by atoms with Crippen molar-refractivity contribution in [2.24, 2.45) is 0 Å². The number of nitrogens with zero attached hydrogens (tertiary/aromatic N) is 2. The first-order chi connectivity index (χ1) is 11.2. The van der Waals surface area contributed by atoms with E-state index in [1.54, 1.807) is 6.92 Å². The molecule has 3 amide bonds. The summed E-state index contributed by atoms with van der Waals surface area (Å²) >= 11 is 17.3. The van der Waals surface area contributed by atoms with Crippen LogP contribution in [0.2, 0.25) is 15.3 Å². The highest BCUT2D eigenvalue weighted by Gasteiger charge is 2.21. The molecule has 7 nitrogen and oxygen atoms in total. The van der Waals surface area contributed by atoms with Crippen molar-refractivity contribution in [2.45, 2.75) is 26.7 Å². The number of hydrogen-bond acceptors (Lipinski definition) is 5. The molecule has 2 aromatic rings. The van der Waals surface area contributed by atoms with Gasteiger partial charge >= 0.3 is 6.03 Å². The van der Waals surface area contributed by atoms with Gasteiger partial charge in [-0.3, -0.25) is 10.1 Å². The van der Waals surface area contributed by atoms with Crippen molar-refractivity contribution < 1.29 is 14.1 Å². The minimum absolute atomic E-state index is 0.00548. The number of carbonyl (C=O) groups is 2. The van der Waals surface area contributed by atoms with E-state index in [0.29, 0.717) is 17.1 Å². The molecule has 24 heavy (non-hydrogen) atoms. The highest BCUT2D eigenvalue weighted by Crippen LogP contribution is 2.27. The molecule has 2 N–H and O–H groups in total. The lowest BCUT2D eigenvalue weighted by Gasteiger charge is -2.09. The number of pyridine rings is 1. The summed E-state index contributed by atoms with van der Waals surface area (Å²) in [5.41, 5.74) is 0.830. The SMILES string of the molecule is Cc1noc(C(C)C)c1NC(=O)NC(=O)c1cc(Cl)c(Cl)nc1Cl. The number of amides is 3. The van der Waals surface area contributed by atoms with Crippen LogP contribution in [0.5, 0.6) is 0 Å². The summed E-state index contributed by atoms with van der Waals surface area (Å²) in [6.07, 6.45) is 0. The number of urea groups is 1. The van der Waals surface area contributed by atoms with E-state index in [4.69, 9.17) is 39.3 Å². The first kappa shape index (κ1) is 18.5. The fourth-order valence-corrected chi connectivity index (χ4v) is 2.41. The lowest BCUT2D eigenvalue weighted by molar-refractivity contribution is 0.0967. The molecule has 0 atom stereocenters. The summed E-state index contributed by atoms with van der Waals surface area (Å²) < 4.78 is 5.15. The Labute approximate surface area is 152 Å². The van der Waals surface area contributed by atoms with Gasteiger partial charge < -0.3 is 9.84 Å². The average Bonchev–Trinajstić information content (AvgIpc) is 2.84. The van der Waals surface area contributed by atoms with E-state index in [2.05, 4.69) is 20.8 Å². The van der Waals surface area contributed by atoms with Crippen LogP contribution in [0.1, 0.15) is 41.6 Å². The van der Waals surface area contributed by atoms with Crippen LogP contribution < -0.4 is 10.6 Å². The van der Waals surface area contributed by atoms with Gasteiger partial charge in [-0.15, -0.1) is 0 Å². The largest absolute Gasteiger partial charge is 0.359 e. The van der Waals surface area contributed by atoms with Gasteiger partial charge in [0, 0.05) is 5.92 Å². The van der Waals surface area contributed by atoms with Gasteiger partial charge in [-0.1, -0.05) is 53.8 Å². The summed E-state index contributed by atoms with van der Waals surface area (Å²) in [5.74, 6) is -0.265. The summed E-state index contributed by atoms with van der Waals surface area (Å²) in [7, 11) is 0. The molecular formula is C14H13Cl3N4O3. The fourth-order valence-electron chi connectivity index (χ4n) is 1.85. The average molecular weight is 392 g/mol. The van der Waals surface area contributed by atoms with E-state index >= 15 is 0 Å². The molecule has 0 aliphatic heterocycles. The summed E-state index contributed by atoms with van der Waals surface area (Å²) in [6.45, 7) is 5.44. The second kappa shape index (κ2) is 7.38. The maximum Gasteiger partial charge on any atom is 0.326 e. The molecular weight excluding hydrogens is 379 g/mol. The Bertz CT molecular complexity index is 805. The fraction of sp³-hybridized carbons (Fsp3) is 0.286. The molecule has 128 valence electrons. The van der Waals surface area contributed by atoms with Crippen LogP contribution in [0.4, 0.5) is 10.5 Å². The van der Waals surface area contributed by atoms with Crippen LogP contribution >= 0.6 is 34.8 Å². The quantitative estimate of drug-likeness (QED) is 0.755. The Balaban J connectivity index is 2.15. The van der Waals surface area contributed by atoms with Crippen LogP contribution in [0.3, 0.4) is 0 Å². The van der Waals surface area contributed by atoms with E-state index in [-0.39, 0.29) is 26.8 Å². The first-order valence-electron chi connectivity index (χ1n) is 6.80. The number of aryl methyl sites for hydroxylation is 1. The van der Waals surface area contributed by atoms with Crippen LogP contribution in [-0.4, -0.2) is 22.1 Å². The van der Waals surface area contributed by atoms with E-state index in [0.717, 1.165) is 0 Å². The van der Waals surface area contributed by atoms with Crippen molar-refractivity contribution in [2.75, 3.05) is 5.32 Å². The first-order valence-corrected chi connectivity index (χ1v) is 7.94. The van der Waals surface area contributed by atoms with Crippen LogP contribution in [0.25, 0.3) is 0 Å². The van der Waals surface area contributed by atoms with Crippen LogP contribution in [0, 0.1) is 6.92 Å². The van der Waals surface area contributed by atoms with E-state index in [9.17, 15) is 9.59 Å². The van der Waals surface area contributed by atoms with Gasteiger partial charge in [0.25, 0.3) is 5.91 Å². The molecule has 0 spiro atoms. The molecule has 0 bridgehead atoms. The van der Waals surface area contributed by atoms with Gasteiger partial charge in [0.15, 0.2) is 5.76 Å². The summed E-state index contributed by atoms with van der Waals surface area (Å²) in [6, 6.07) is 0.460. The van der Waals surface area contributed by atoms with Gasteiger partial charge in [0.2, 0.25) is 0 Å². The zero-order chi connectivity index (χ0) is 18.0. The van der Waals surface area contributed by atoms with Gasteiger partial charge in [-0.2, -0.15) is 0 Å². The van der Waals surface area contributed by atoms with Crippen molar-refractivity contribution in [1.29, 1.82) is 0 Å². The van der Waals surface area contributed by atoms with Crippen molar-refractivity contribution in [1.82, 2.24) is 15.5 Å². The molecule has 10 heteroatoms. The zero-order valence-electron chi connectivity index (χ0n) is 12.9. The third-order valence-electron chi connectivity index (χ3n) is 3.01. The molecule has 0 aliphatic carbocycles. The molecule has 0 aromatic carbocycles. The molecule has 0 aliphatic rings. The van der Waals surface area contributed by atoms with Crippen molar-refractivity contribution in [3.8, 4) is 0 Å². The predicted octanol–water partition coefficient (Wildman–Crippen LogP) is 4.42. The van der Waals surface area contributed by atoms with Crippen molar-refractivity contribution in [3.05, 3.63) is 38.4 Å². The second-order valence-corrected chi connectivity index (χ2v) is 6.29. The molecule has 0 saturated heterocycles. The number of imide groups is 1. The van der Waals surface area contributed by atoms with Gasteiger partial charge in [-0.25, -0.2) is 9.78 Å². The Hall–Kier alpha value is -1.83. The highest BCUT2D eigenvalue weighted by molar-refractivity contribution is 6.42. The van der Waals surface area contributed by atoms with Gasteiger partial charge in [0.05, 0.1) is 10.6 Å². The van der Waals surface area contributed by atoms with E-state index < -0.39 is 11.9 Å². The Morgan fingerprint density at radius 2 is 1.88 bits per heavy atom. The molecule has 0 saturated carbocycles. The molecule has 2 rings (SSSR count). The maximum absolute atomic E-state index is 12.1. The number of aromatic nitrogens is 2. The Morgan fingerprint density at radius 3 is 2.50 bits per heavy atom. The monoisotopic (exact) mass is 390 g/mol. The summed E-state index contributed by atoms with van der Waals surface area (Å²) in [5, 5.41) is 8.30. The maximum atomic E-state index is 12.1. The predicted molar refractivity (Wildman–Crippen MR) is 91.1 cm³/mol. The lowest BCUT2D eigenvalue weighted by atomic mass is 10.1.